The highest BCUT2D eigenvalue weighted by Gasteiger charge is 2.05. The van der Waals surface area contributed by atoms with Crippen molar-refractivity contribution in [1.29, 1.82) is 0 Å². The number of aromatic nitrogens is 1. The summed E-state index contributed by atoms with van der Waals surface area (Å²) in [5.74, 6) is -1.42. The maximum atomic E-state index is 10.7. The normalized spacial score (nSPS) is 11.4. The van der Waals surface area contributed by atoms with Crippen molar-refractivity contribution in [2.75, 3.05) is 0 Å². The number of carbonyl (C=O) groups is 2. The third-order valence-electron chi connectivity index (χ3n) is 1.96. The van der Waals surface area contributed by atoms with Gasteiger partial charge in [-0.1, -0.05) is 18.2 Å². The van der Waals surface area contributed by atoms with Gasteiger partial charge in [0.1, 0.15) is 0 Å². The summed E-state index contributed by atoms with van der Waals surface area (Å²) in [5.41, 5.74) is 10.7. The first-order chi connectivity index (χ1) is 8.09. The van der Waals surface area contributed by atoms with Crippen molar-refractivity contribution < 1.29 is 9.59 Å². The summed E-state index contributed by atoms with van der Waals surface area (Å²) in [6.07, 6.45) is 7.20. The van der Waals surface area contributed by atoms with Crippen molar-refractivity contribution >= 4 is 11.8 Å². The zero-order valence-corrected chi connectivity index (χ0v) is 9.11. The van der Waals surface area contributed by atoms with Gasteiger partial charge in [-0.15, -0.1) is 0 Å². The van der Waals surface area contributed by atoms with Crippen LogP contribution in [0, 0.1) is 0 Å². The Morgan fingerprint density at radius 1 is 1.12 bits per heavy atom. The van der Waals surface area contributed by atoms with Crippen LogP contribution in [-0.4, -0.2) is 16.8 Å². The van der Waals surface area contributed by atoms with Crippen LogP contribution >= 0.6 is 0 Å². The number of amides is 2. The molecule has 0 aliphatic rings. The molecule has 0 aliphatic carbocycles. The molecule has 1 rings (SSSR count). The van der Waals surface area contributed by atoms with E-state index < -0.39 is 11.8 Å². The second-order valence-electron chi connectivity index (χ2n) is 3.30. The Bertz CT molecular complexity index is 428. The van der Waals surface area contributed by atoms with Crippen molar-refractivity contribution in [3.8, 4) is 0 Å². The maximum absolute atomic E-state index is 10.7. The molecular formula is C12H13N3O2. The Labute approximate surface area is 98.8 Å². The van der Waals surface area contributed by atoms with E-state index in [4.69, 9.17) is 11.5 Å². The molecule has 0 fully saturated rings. The number of hydrogen-bond donors (Lipinski definition) is 2. The minimum Gasteiger partial charge on any atom is -0.366 e. The van der Waals surface area contributed by atoms with Crippen LogP contribution in [0.4, 0.5) is 0 Å². The van der Waals surface area contributed by atoms with E-state index in [1.165, 1.54) is 12.2 Å². The fourth-order valence-corrected chi connectivity index (χ4v) is 1.23. The highest BCUT2D eigenvalue weighted by atomic mass is 16.1. The molecule has 1 aromatic heterocycles. The summed E-state index contributed by atoms with van der Waals surface area (Å²) in [4.78, 5) is 25.5. The lowest BCUT2D eigenvalue weighted by atomic mass is 10.0. The summed E-state index contributed by atoms with van der Waals surface area (Å²) in [6, 6.07) is 5.36. The Morgan fingerprint density at radius 2 is 1.71 bits per heavy atom. The van der Waals surface area contributed by atoms with Crippen LogP contribution in [0.3, 0.4) is 0 Å². The first-order valence-electron chi connectivity index (χ1n) is 4.96. The van der Waals surface area contributed by atoms with Gasteiger partial charge in [0.25, 0.3) is 0 Å². The van der Waals surface area contributed by atoms with Gasteiger partial charge < -0.3 is 11.5 Å². The zero-order valence-electron chi connectivity index (χ0n) is 9.11. The number of carbonyl (C=O) groups excluding carboxylic acids is 2. The summed E-state index contributed by atoms with van der Waals surface area (Å²) in [7, 11) is 0. The number of hydrogen-bond acceptors (Lipinski definition) is 3. The quantitative estimate of drug-likeness (QED) is 0.710. The van der Waals surface area contributed by atoms with E-state index in [0.717, 1.165) is 0 Å². The van der Waals surface area contributed by atoms with Crippen molar-refractivity contribution in [3.05, 3.63) is 54.4 Å². The highest BCUT2D eigenvalue weighted by Crippen LogP contribution is 2.15. The number of primary amides is 2. The van der Waals surface area contributed by atoms with E-state index >= 15 is 0 Å². The van der Waals surface area contributed by atoms with E-state index in [0.29, 0.717) is 5.69 Å². The van der Waals surface area contributed by atoms with Crippen molar-refractivity contribution in [2.45, 2.75) is 5.92 Å². The van der Waals surface area contributed by atoms with Crippen LogP contribution in [0.15, 0.2) is 48.7 Å². The van der Waals surface area contributed by atoms with Crippen LogP contribution in [0.2, 0.25) is 0 Å². The Hall–Kier alpha value is -2.43. The van der Waals surface area contributed by atoms with Gasteiger partial charge in [-0.25, -0.2) is 0 Å². The summed E-state index contributed by atoms with van der Waals surface area (Å²) in [5, 5.41) is 0. The number of rotatable bonds is 5. The average Bonchev–Trinajstić information content (AvgIpc) is 2.29. The van der Waals surface area contributed by atoms with Gasteiger partial charge in [0.05, 0.1) is 5.69 Å². The summed E-state index contributed by atoms with van der Waals surface area (Å²) >= 11 is 0. The molecule has 0 bridgehead atoms. The molecule has 5 heteroatoms. The molecular weight excluding hydrogens is 218 g/mol. The van der Waals surface area contributed by atoms with Crippen LogP contribution in [0.25, 0.3) is 0 Å². The lowest BCUT2D eigenvalue weighted by Gasteiger charge is -2.05. The second-order valence-corrected chi connectivity index (χ2v) is 3.30. The molecule has 0 atom stereocenters. The molecule has 2 amide bonds. The third-order valence-corrected chi connectivity index (χ3v) is 1.96. The maximum Gasteiger partial charge on any atom is 0.241 e. The monoisotopic (exact) mass is 231 g/mol. The van der Waals surface area contributed by atoms with Crippen LogP contribution < -0.4 is 11.5 Å². The molecule has 0 saturated carbocycles. The first-order valence-corrected chi connectivity index (χ1v) is 4.96. The van der Waals surface area contributed by atoms with Gasteiger partial charge >= 0.3 is 0 Å². The summed E-state index contributed by atoms with van der Waals surface area (Å²) < 4.78 is 0. The molecule has 0 unspecified atom stereocenters. The molecule has 0 spiro atoms. The number of allylic oxidation sites excluding steroid dienone is 2. The lowest BCUT2D eigenvalue weighted by molar-refractivity contribution is -0.114. The topological polar surface area (TPSA) is 99.1 Å². The van der Waals surface area contributed by atoms with E-state index in [9.17, 15) is 9.59 Å². The fourth-order valence-electron chi connectivity index (χ4n) is 1.23. The van der Waals surface area contributed by atoms with Crippen LogP contribution in [0.1, 0.15) is 11.6 Å². The van der Waals surface area contributed by atoms with Gasteiger partial charge in [-0.2, -0.15) is 0 Å². The van der Waals surface area contributed by atoms with E-state index in [1.807, 2.05) is 6.07 Å². The predicted octanol–water partition coefficient (Wildman–Crippen LogP) is 0.248. The lowest BCUT2D eigenvalue weighted by Crippen LogP contribution is -2.08. The van der Waals surface area contributed by atoms with E-state index in [-0.39, 0.29) is 5.92 Å². The molecule has 1 heterocycles. The number of pyridine rings is 1. The van der Waals surface area contributed by atoms with Crippen LogP contribution in [-0.2, 0) is 9.59 Å². The Morgan fingerprint density at radius 3 is 2.12 bits per heavy atom. The molecule has 1 aromatic rings. The van der Waals surface area contributed by atoms with E-state index in [2.05, 4.69) is 4.98 Å². The minimum absolute atomic E-state index is 0.309. The molecule has 4 N–H and O–H groups in total. The van der Waals surface area contributed by atoms with Crippen molar-refractivity contribution in [2.24, 2.45) is 11.5 Å². The largest absolute Gasteiger partial charge is 0.366 e. The van der Waals surface area contributed by atoms with Crippen molar-refractivity contribution in [1.82, 2.24) is 4.98 Å². The molecule has 88 valence electrons. The van der Waals surface area contributed by atoms with Crippen LogP contribution in [0.5, 0.6) is 0 Å². The Balaban J connectivity index is 2.94. The molecule has 0 radical (unpaired) electrons. The molecule has 0 aliphatic heterocycles. The highest BCUT2D eigenvalue weighted by molar-refractivity contribution is 5.87. The molecule has 0 saturated heterocycles. The van der Waals surface area contributed by atoms with Gasteiger partial charge in [-0.05, 0) is 24.3 Å². The number of nitrogens with zero attached hydrogens (tertiary/aromatic N) is 1. The zero-order chi connectivity index (χ0) is 12.7. The molecule has 0 aromatic carbocycles. The summed E-state index contributed by atoms with van der Waals surface area (Å²) in [6.45, 7) is 0. The SMILES string of the molecule is NC(=O)/C=C/C(/C=C/C(N)=O)c1ccccn1. The van der Waals surface area contributed by atoms with Gasteiger partial charge in [0.2, 0.25) is 11.8 Å². The van der Waals surface area contributed by atoms with Gasteiger partial charge in [0.15, 0.2) is 0 Å². The minimum atomic E-state index is -0.557. The Kier molecular flexibility index (Phi) is 4.62. The van der Waals surface area contributed by atoms with Gasteiger partial charge in [0, 0.05) is 12.1 Å². The van der Waals surface area contributed by atoms with Crippen molar-refractivity contribution in [3.63, 3.8) is 0 Å². The average molecular weight is 231 g/mol. The predicted molar refractivity (Wildman–Crippen MR) is 63.6 cm³/mol. The second kappa shape index (κ2) is 6.22. The molecule has 17 heavy (non-hydrogen) atoms. The van der Waals surface area contributed by atoms with Gasteiger partial charge in [-0.3, -0.25) is 14.6 Å². The number of nitrogens with two attached hydrogens (primary N) is 2. The van der Waals surface area contributed by atoms with E-state index in [1.54, 1.807) is 30.5 Å². The fraction of sp³-hybridized carbons (Fsp3) is 0.0833. The third kappa shape index (κ3) is 4.74. The standard InChI is InChI=1S/C12H13N3O2/c13-11(16)6-4-9(5-7-12(14)17)10-3-1-2-8-15-10/h1-9H,(H2,13,16)(H2,14,17)/b6-4+,7-5+. The smallest absolute Gasteiger partial charge is 0.241 e. The molecule has 5 nitrogen and oxygen atoms in total. The first kappa shape index (κ1) is 12.6.